The van der Waals surface area contributed by atoms with Gasteiger partial charge in [0.1, 0.15) is 17.5 Å². The van der Waals surface area contributed by atoms with Gasteiger partial charge in [-0.25, -0.2) is 19.7 Å². The maximum atomic E-state index is 13.1. The summed E-state index contributed by atoms with van der Waals surface area (Å²) in [5.41, 5.74) is 1.22. The van der Waals surface area contributed by atoms with E-state index in [0.717, 1.165) is 17.4 Å². The molecule has 2 fully saturated rings. The third-order valence-electron chi connectivity index (χ3n) is 8.54. The zero-order chi connectivity index (χ0) is 31.8. The molecule has 1 N–H and O–H groups in total. The number of pyridine rings is 1. The van der Waals surface area contributed by atoms with E-state index in [1.54, 1.807) is 23.9 Å². The van der Waals surface area contributed by atoms with Crippen molar-refractivity contribution in [1.82, 2.24) is 29.8 Å². The number of nitrogens with zero attached hydrogens (tertiary/aromatic N) is 7. The third kappa shape index (κ3) is 5.53. The second kappa shape index (κ2) is 12.2. The van der Waals surface area contributed by atoms with E-state index in [1.807, 2.05) is 24.3 Å². The molecule has 2 aliphatic heterocycles. The van der Waals surface area contributed by atoms with Gasteiger partial charge in [-0.3, -0.25) is 19.1 Å². The molecule has 1 saturated carbocycles. The van der Waals surface area contributed by atoms with Crippen molar-refractivity contribution in [3.05, 3.63) is 64.7 Å². The van der Waals surface area contributed by atoms with Gasteiger partial charge in [-0.2, -0.15) is 9.97 Å². The minimum Gasteiger partial charge on any atom is -0.497 e. The lowest BCUT2D eigenvalue weighted by molar-refractivity contribution is -0.121. The predicted molar refractivity (Wildman–Crippen MR) is 164 cm³/mol. The van der Waals surface area contributed by atoms with Crippen LogP contribution in [0.4, 0.5) is 16.6 Å². The van der Waals surface area contributed by atoms with Crippen LogP contribution in [0.25, 0.3) is 11.0 Å². The lowest BCUT2D eigenvalue weighted by atomic mass is 9.88. The van der Waals surface area contributed by atoms with E-state index in [9.17, 15) is 14.4 Å². The second-order valence-electron chi connectivity index (χ2n) is 11.3. The summed E-state index contributed by atoms with van der Waals surface area (Å²) in [5.74, 6) is 1.29. The summed E-state index contributed by atoms with van der Waals surface area (Å²) in [5, 5.41) is 4.25. The highest BCUT2D eigenvalue weighted by Crippen LogP contribution is 2.37. The number of fused-ring (bicyclic) bond motifs is 3. The largest absolute Gasteiger partial charge is 0.497 e. The van der Waals surface area contributed by atoms with Gasteiger partial charge in [-0.15, -0.1) is 0 Å². The molecule has 15 nitrogen and oxygen atoms in total. The SMILES string of the molecule is COc1ccc(CN2C(=O)COc3cnc(N4C(=O)OC5CC(NCCn6c(=O)ccc7cnc(OC)nc76)CCC54)nc32)cc1. The molecule has 15 heteroatoms. The average molecular weight is 629 g/mol. The van der Waals surface area contributed by atoms with Gasteiger partial charge in [0.25, 0.3) is 11.5 Å². The molecule has 3 aliphatic rings. The highest BCUT2D eigenvalue weighted by atomic mass is 16.6. The Balaban J connectivity index is 1.03. The number of methoxy groups -OCH3 is 2. The number of hydrogen-bond acceptors (Lipinski definition) is 12. The summed E-state index contributed by atoms with van der Waals surface area (Å²) in [4.78, 5) is 59.3. The van der Waals surface area contributed by atoms with Crippen LogP contribution in [0.2, 0.25) is 0 Å². The number of nitrogens with one attached hydrogen (secondary N) is 1. The quantitative estimate of drug-likeness (QED) is 0.288. The summed E-state index contributed by atoms with van der Waals surface area (Å²) >= 11 is 0. The average Bonchev–Trinajstić information content (AvgIpc) is 3.41. The molecular weight excluding hydrogens is 596 g/mol. The van der Waals surface area contributed by atoms with E-state index in [4.69, 9.17) is 18.9 Å². The van der Waals surface area contributed by atoms with Crippen LogP contribution in [-0.2, 0) is 22.6 Å². The topological polar surface area (TPSA) is 163 Å². The maximum absolute atomic E-state index is 13.1. The molecule has 0 radical (unpaired) electrons. The normalized spacial score (nSPS) is 20.6. The number of ether oxygens (including phenoxy) is 4. The molecule has 46 heavy (non-hydrogen) atoms. The van der Waals surface area contributed by atoms with Crippen LogP contribution in [0.15, 0.2) is 53.6 Å². The molecular formula is C31H32N8O7. The van der Waals surface area contributed by atoms with Crippen LogP contribution >= 0.6 is 0 Å². The summed E-state index contributed by atoms with van der Waals surface area (Å²) in [6, 6.07) is 10.6. The Labute approximate surface area is 263 Å². The fraction of sp³-hybridized carbons (Fsp3) is 0.387. The molecule has 2 amide bonds. The number of rotatable bonds is 9. The number of anilines is 2. The van der Waals surface area contributed by atoms with E-state index in [2.05, 4.69) is 25.3 Å². The first-order valence-corrected chi connectivity index (χ1v) is 15.0. The standard InChI is InChI=1S/C31H32N8O7/c1-43-21-7-3-18(4-8-21)16-38-26(41)17-45-24-15-33-29(35-28(24)38)39-22-9-6-20(13-23(22)46-31(39)42)32-11-12-37-25(40)10-5-19-14-34-30(44-2)36-27(19)37/h3-5,7-8,10,14-15,20,22-23,32H,6,9,11-13,16-17H2,1-2H3. The molecule has 5 heterocycles. The van der Waals surface area contributed by atoms with Gasteiger partial charge in [0.05, 0.1) is 33.0 Å². The molecule has 1 aromatic carbocycles. The smallest absolute Gasteiger partial charge is 0.417 e. The first-order chi connectivity index (χ1) is 22.4. The van der Waals surface area contributed by atoms with E-state index >= 15 is 0 Å². The molecule has 3 atom stereocenters. The Kier molecular flexibility index (Phi) is 7.82. The lowest BCUT2D eigenvalue weighted by Crippen LogP contribution is -2.47. The van der Waals surface area contributed by atoms with E-state index < -0.39 is 6.09 Å². The summed E-state index contributed by atoms with van der Waals surface area (Å²) in [7, 11) is 3.07. The molecule has 4 aromatic rings. The zero-order valence-electron chi connectivity index (χ0n) is 25.3. The van der Waals surface area contributed by atoms with Gasteiger partial charge in [0, 0.05) is 43.2 Å². The fourth-order valence-electron chi connectivity index (χ4n) is 6.20. The summed E-state index contributed by atoms with van der Waals surface area (Å²) in [6.07, 6.45) is 4.23. The van der Waals surface area contributed by atoms with Crippen molar-refractivity contribution in [2.24, 2.45) is 0 Å². The number of aromatic nitrogens is 5. The minimum absolute atomic E-state index is 0.0688. The van der Waals surface area contributed by atoms with Gasteiger partial charge >= 0.3 is 12.1 Å². The summed E-state index contributed by atoms with van der Waals surface area (Å²) in [6.45, 7) is 1.04. The van der Waals surface area contributed by atoms with E-state index in [-0.39, 0.29) is 54.8 Å². The van der Waals surface area contributed by atoms with E-state index in [1.165, 1.54) is 29.2 Å². The van der Waals surface area contributed by atoms with Crippen molar-refractivity contribution in [2.75, 3.05) is 37.2 Å². The number of amides is 2. The van der Waals surface area contributed by atoms with Gasteiger partial charge in [-0.1, -0.05) is 12.1 Å². The van der Waals surface area contributed by atoms with Crippen molar-refractivity contribution in [2.45, 2.75) is 50.5 Å². The molecule has 238 valence electrons. The number of carbonyl (C=O) groups excluding carboxylic acids is 2. The lowest BCUT2D eigenvalue weighted by Gasteiger charge is -2.33. The maximum Gasteiger partial charge on any atom is 0.417 e. The van der Waals surface area contributed by atoms with Gasteiger partial charge in [-0.05, 0) is 36.6 Å². The summed E-state index contributed by atoms with van der Waals surface area (Å²) < 4.78 is 23.4. The van der Waals surface area contributed by atoms with Crippen molar-refractivity contribution in [1.29, 1.82) is 0 Å². The highest BCUT2D eigenvalue weighted by Gasteiger charge is 2.47. The van der Waals surface area contributed by atoms with Crippen LogP contribution in [0.5, 0.6) is 17.5 Å². The molecule has 3 aromatic heterocycles. The number of carbonyl (C=O) groups is 2. The molecule has 1 aliphatic carbocycles. The fourth-order valence-corrected chi connectivity index (χ4v) is 6.20. The van der Waals surface area contributed by atoms with Crippen LogP contribution < -0.4 is 34.9 Å². The third-order valence-corrected chi connectivity index (χ3v) is 8.54. The molecule has 1 saturated heterocycles. The molecule has 7 rings (SSSR count). The van der Waals surface area contributed by atoms with Crippen molar-refractivity contribution >= 4 is 34.8 Å². The predicted octanol–water partition coefficient (Wildman–Crippen LogP) is 2.06. The van der Waals surface area contributed by atoms with Crippen molar-refractivity contribution in [3.63, 3.8) is 0 Å². The van der Waals surface area contributed by atoms with Gasteiger partial charge in [0.2, 0.25) is 5.95 Å². The number of hydrogen-bond donors (Lipinski definition) is 1. The second-order valence-corrected chi connectivity index (χ2v) is 11.3. The Morgan fingerprint density at radius 2 is 1.83 bits per heavy atom. The van der Waals surface area contributed by atoms with Gasteiger partial charge < -0.3 is 24.3 Å². The Morgan fingerprint density at radius 1 is 0.978 bits per heavy atom. The van der Waals surface area contributed by atoms with Gasteiger partial charge in [0.15, 0.2) is 18.2 Å². The van der Waals surface area contributed by atoms with E-state index in [0.29, 0.717) is 48.9 Å². The monoisotopic (exact) mass is 628 g/mol. The number of benzene rings is 1. The zero-order valence-corrected chi connectivity index (χ0v) is 25.3. The van der Waals surface area contributed by atoms with Crippen LogP contribution in [0, 0.1) is 0 Å². The van der Waals surface area contributed by atoms with Crippen molar-refractivity contribution in [3.8, 4) is 17.5 Å². The first-order valence-electron chi connectivity index (χ1n) is 15.0. The molecule has 3 unspecified atom stereocenters. The van der Waals surface area contributed by atoms with Crippen LogP contribution in [-0.4, -0.2) is 82.1 Å². The van der Waals surface area contributed by atoms with Crippen molar-refractivity contribution < 1.29 is 28.5 Å². The minimum atomic E-state index is -0.531. The molecule has 0 spiro atoms. The Hall–Kier alpha value is -5.31. The Bertz CT molecular complexity index is 1850. The first kappa shape index (κ1) is 29.4. The van der Waals surface area contributed by atoms with Crippen LogP contribution in [0.3, 0.4) is 0 Å². The molecule has 0 bridgehead atoms. The highest BCUT2D eigenvalue weighted by molar-refractivity contribution is 5.97. The van der Waals surface area contributed by atoms with Crippen LogP contribution in [0.1, 0.15) is 24.8 Å². The Morgan fingerprint density at radius 3 is 2.63 bits per heavy atom.